The van der Waals surface area contributed by atoms with E-state index in [0.717, 1.165) is 18.5 Å². The largest absolute Gasteiger partial charge is 0.512 e. The number of fused-ring (bicyclic) bond motifs is 1. The molecule has 108 valence electrons. The van der Waals surface area contributed by atoms with Crippen LogP contribution >= 0.6 is 0 Å². The Kier molecular flexibility index (Phi) is 3.70. The first kappa shape index (κ1) is 13.7. The Morgan fingerprint density at radius 3 is 2.81 bits per heavy atom. The Labute approximate surface area is 126 Å². The summed E-state index contributed by atoms with van der Waals surface area (Å²) in [6, 6.07) is 2.23. The Bertz CT molecular complexity index is 708. The molecule has 2 heteroatoms. The highest BCUT2D eigenvalue weighted by atomic mass is 16.3. The summed E-state index contributed by atoms with van der Waals surface area (Å²) in [5, 5.41) is 9.96. The van der Waals surface area contributed by atoms with Gasteiger partial charge >= 0.3 is 0 Å². The normalized spacial score (nSPS) is 17.5. The van der Waals surface area contributed by atoms with Crippen LogP contribution in [0.2, 0.25) is 0 Å². The van der Waals surface area contributed by atoms with Gasteiger partial charge in [0.2, 0.25) is 0 Å². The maximum absolute atomic E-state index is 9.96. The molecule has 1 N–H and O–H groups in total. The smallest absolute Gasteiger partial charge is 0.0966 e. The lowest BCUT2D eigenvalue weighted by Gasteiger charge is -2.12. The van der Waals surface area contributed by atoms with E-state index < -0.39 is 0 Å². The second-order valence-corrected chi connectivity index (χ2v) is 5.80. The molecule has 1 aromatic rings. The number of nitrogens with zero attached hydrogens (tertiary/aromatic N) is 1. The van der Waals surface area contributed by atoms with Crippen molar-refractivity contribution < 1.29 is 5.11 Å². The average molecular weight is 279 g/mol. The van der Waals surface area contributed by atoms with Crippen LogP contribution in [0, 0.1) is 6.92 Å². The molecule has 2 aliphatic carbocycles. The van der Waals surface area contributed by atoms with Gasteiger partial charge in [-0.25, -0.2) is 0 Å². The number of aliphatic hydroxyl groups excluding tert-OH is 1. The highest BCUT2D eigenvalue weighted by molar-refractivity contribution is 5.66. The average Bonchev–Trinajstić information content (AvgIpc) is 2.62. The maximum atomic E-state index is 9.96. The van der Waals surface area contributed by atoms with Crippen LogP contribution in [0.3, 0.4) is 0 Å². The minimum Gasteiger partial charge on any atom is -0.512 e. The molecule has 0 aliphatic heterocycles. The second kappa shape index (κ2) is 5.65. The predicted octanol–water partition coefficient (Wildman–Crippen LogP) is 4.94. The van der Waals surface area contributed by atoms with Crippen LogP contribution in [-0.2, 0) is 6.54 Å². The van der Waals surface area contributed by atoms with E-state index in [0.29, 0.717) is 12.2 Å². The van der Waals surface area contributed by atoms with Crippen molar-refractivity contribution in [3.8, 4) is 0 Å². The van der Waals surface area contributed by atoms with Gasteiger partial charge in [-0.1, -0.05) is 30.4 Å². The van der Waals surface area contributed by atoms with E-state index in [1.54, 1.807) is 0 Å². The minimum atomic E-state index is 0.443. The fraction of sp³-hybridized carbons (Fsp3) is 0.263. The zero-order chi connectivity index (χ0) is 14.8. The number of hydrogen-bond donors (Lipinski definition) is 1. The van der Waals surface area contributed by atoms with E-state index in [-0.39, 0.29) is 0 Å². The fourth-order valence-corrected chi connectivity index (χ4v) is 2.92. The Morgan fingerprint density at radius 1 is 1.14 bits per heavy atom. The van der Waals surface area contributed by atoms with E-state index in [9.17, 15) is 5.11 Å². The third kappa shape index (κ3) is 2.94. The summed E-state index contributed by atoms with van der Waals surface area (Å²) in [6.45, 7) is 4.97. The molecule has 0 unspecified atom stereocenters. The molecule has 0 aromatic carbocycles. The monoisotopic (exact) mass is 279 g/mol. The summed E-state index contributed by atoms with van der Waals surface area (Å²) in [6.07, 6.45) is 16.5. The summed E-state index contributed by atoms with van der Waals surface area (Å²) in [5.41, 5.74) is 6.11. The molecule has 2 aliphatic rings. The first-order chi connectivity index (χ1) is 10.1. The van der Waals surface area contributed by atoms with Crippen molar-refractivity contribution in [3.63, 3.8) is 0 Å². The SMILES string of the molecule is CC1=CC=C(Cn2c(C)cc3c2C=CCC=C3)CC(O)=C1. The van der Waals surface area contributed by atoms with Gasteiger partial charge in [-0.05, 0) is 55.2 Å². The summed E-state index contributed by atoms with van der Waals surface area (Å²) in [4.78, 5) is 0. The van der Waals surface area contributed by atoms with Gasteiger partial charge in [-0.15, -0.1) is 0 Å². The molecular weight excluding hydrogens is 258 g/mol. The van der Waals surface area contributed by atoms with Gasteiger partial charge < -0.3 is 9.67 Å². The molecule has 0 spiro atoms. The van der Waals surface area contributed by atoms with Crippen molar-refractivity contribution in [2.75, 3.05) is 0 Å². The molecule has 0 radical (unpaired) electrons. The van der Waals surface area contributed by atoms with Crippen LogP contribution in [0.5, 0.6) is 0 Å². The lowest BCUT2D eigenvalue weighted by Crippen LogP contribution is -2.06. The van der Waals surface area contributed by atoms with Crippen LogP contribution < -0.4 is 0 Å². The molecule has 0 saturated heterocycles. The van der Waals surface area contributed by atoms with Crippen molar-refractivity contribution in [2.24, 2.45) is 0 Å². The molecule has 0 fully saturated rings. The zero-order valence-corrected chi connectivity index (χ0v) is 12.6. The minimum absolute atomic E-state index is 0.443. The third-order valence-electron chi connectivity index (χ3n) is 3.97. The number of hydrogen-bond acceptors (Lipinski definition) is 1. The summed E-state index contributed by atoms with van der Waals surface area (Å²) >= 11 is 0. The summed E-state index contributed by atoms with van der Waals surface area (Å²) < 4.78 is 2.33. The van der Waals surface area contributed by atoms with E-state index in [1.165, 1.54) is 22.5 Å². The van der Waals surface area contributed by atoms with E-state index >= 15 is 0 Å². The number of allylic oxidation sites excluding steroid dienone is 7. The van der Waals surface area contributed by atoms with Gasteiger partial charge in [-0.2, -0.15) is 0 Å². The predicted molar refractivity (Wildman–Crippen MR) is 89.0 cm³/mol. The van der Waals surface area contributed by atoms with Crippen LogP contribution in [0.4, 0.5) is 0 Å². The van der Waals surface area contributed by atoms with E-state index in [2.05, 4.69) is 54.0 Å². The summed E-state index contributed by atoms with van der Waals surface area (Å²) in [5.74, 6) is 0.443. The maximum Gasteiger partial charge on any atom is 0.0966 e. The molecule has 1 heterocycles. The number of rotatable bonds is 2. The Balaban J connectivity index is 1.95. The van der Waals surface area contributed by atoms with Crippen molar-refractivity contribution >= 4 is 12.2 Å². The van der Waals surface area contributed by atoms with Gasteiger partial charge in [-0.3, -0.25) is 0 Å². The molecule has 21 heavy (non-hydrogen) atoms. The van der Waals surface area contributed by atoms with Gasteiger partial charge in [0.1, 0.15) is 0 Å². The van der Waals surface area contributed by atoms with Crippen LogP contribution in [0.25, 0.3) is 12.2 Å². The van der Waals surface area contributed by atoms with Gasteiger partial charge in [0.25, 0.3) is 0 Å². The molecular formula is C19H21NO. The van der Waals surface area contributed by atoms with Crippen LogP contribution in [-0.4, -0.2) is 9.67 Å². The molecule has 0 bridgehead atoms. The number of aryl methyl sites for hydroxylation is 1. The zero-order valence-electron chi connectivity index (χ0n) is 12.6. The molecule has 3 rings (SSSR count). The van der Waals surface area contributed by atoms with Crippen molar-refractivity contribution in [1.82, 2.24) is 4.57 Å². The Morgan fingerprint density at radius 2 is 1.95 bits per heavy atom. The number of aromatic nitrogens is 1. The fourth-order valence-electron chi connectivity index (χ4n) is 2.92. The topological polar surface area (TPSA) is 25.2 Å². The van der Waals surface area contributed by atoms with Gasteiger partial charge in [0, 0.05) is 24.4 Å². The highest BCUT2D eigenvalue weighted by Crippen LogP contribution is 2.25. The molecule has 2 nitrogen and oxygen atoms in total. The first-order valence-electron chi connectivity index (χ1n) is 7.42. The van der Waals surface area contributed by atoms with Gasteiger partial charge in [0.05, 0.1) is 5.76 Å². The van der Waals surface area contributed by atoms with E-state index in [1.807, 2.05) is 13.0 Å². The highest BCUT2D eigenvalue weighted by Gasteiger charge is 2.12. The quantitative estimate of drug-likeness (QED) is 0.814. The standard InChI is InChI=1S/C19H21NO/c1-14-8-9-16(12-18(21)10-14)13-20-15(2)11-17-6-4-3-5-7-19(17)20/h4-11,21H,3,12-13H2,1-2H3. The summed E-state index contributed by atoms with van der Waals surface area (Å²) in [7, 11) is 0. The lowest BCUT2D eigenvalue weighted by molar-refractivity contribution is 0.395. The van der Waals surface area contributed by atoms with Crippen LogP contribution in [0.15, 0.2) is 53.4 Å². The number of aliphatic hydroxyl groups is 1. The third-order valence-corrected chi connectivity index (χ3v) is 3.97. The molecule has 1 aromatic heterocycles. The van der Waals surface area contributed by atoms with Crippen molar-refractivity contribution in [2.45, 2.75) is 33.2 Å². The van der Waals surface area contributed by atoms with E-state index in [4.69, 9.17) is 0 Å². The molecule has 0 atom stereocenters. The molecule has 0 saturated carbocycles. The first-order valence-corrected chi connectivity index (χ1v) is 7.42. The molecule has 0 amide bonds. The lowest BCUT2D eigenvalue weighted by atomic mass is 10.1. The van der Waals surface area contributed by atoms with Gasteiger partial charge in [0.15, 0.2) is 0 Å². The van der Waals surface area contributed by atoms with Crippen molar-refractivity contribution in [3.05, 3.63) is 70.3 Å². The van der Waals surface area contributed by atoms with Crippen molar-refractivity contribution in [1.29, 1.82) is 0 Å². The van der Waals surface area contributed by atoms with Crippen LogP contribution in [0.1, 0.15) is 36.7 Å². The second-order valence-electron chi connectivity index (χ2n) is 5.80. The Hall–Kier alpha value is -2.22.